The van der Waals surface area contributed by atoms with Crippen molar-refractivity contribution in [2.45, 2.75) is 25.9 Å². The third-order valence-corrected chi connectivity index (χ3v) is 5.95. The molecule has 1 heterocycles. The van der Waals surface area contributed by atoms with Crippen LogP contribution in [0.1, 0.15) is 51.2 Å². The Hall–Kier alpha value is -4.13. The van der Waals surface area contributed by atoms with Crippen molar-refractivity contribution < 1.29 is 23.9 Å². The summed E-state index contributed by atoms with van der Waals surface area (Å²) in [5, 5.41) is 2.86. The molecule has 0 fully saturated rings. The topological polar surface area (TPSA) is 84.9 Å². The largest absolute Gasteiger partial charge is 0.493 e. The van der Waals surface area contributed by atoms with Crippen LogP contribution in [0.2, 0.25) is 0 Å². The Morgan fingerprint density at radius 3 is 2.44 bits per heavy atom. The first-order valence-corrected chi connectivity index (χ1v) is 10.9. The Morgan fingerprint density at radius 1 is 0.971 bits per heavy atom. The van der Waals surface area contributed by atoms with Crippen LogP contribution >= 0.6 is 0 Å². The minimum atomic E-state index is -0.532. The summed E-state index contributed by atoms with van der Waals surface area (Å²) in [6.45, 7) is 1.88. The van der Waals surface area contributed by atoms with E-state index in [1.165, 1.54) is 6.92 Å². The summed E-state index contributed by atoms with van der Waals surface area (Å²) in [7, 11) is 3.10. The SMILES string of the molecule is COc1ccc([C@H](CC(=O)Nc2cccc(C(C)=O)c2)N2Cc3ccccc3C2=O)cc1OC. The number of carbonyl (C=O) groups is 3. The molecule has 0 aliphatic carbocycles. The fourth-order valence-electron chi connectivity index (χ4n) is 4.20. The van der Waals surface area contributed by atoms with E-state index in [2.05, 4.69) is 5.32 Å². The van der Waals surface area contributed by atoms with Gasteiger partial charge >= 0.3 is 0 Å². The van der Waals surface area contributed by atoms with Crippen molar-refractivity contribution in [1.29, 1.82) is 0 Å². The first-order chi connectivity index (χ1) is 16.4. The van der Waals surface area contributed by atoms with E-state index >= 15 is 0 Å². The van der Waals surface area contributed by atoms with Gasteiger partial charge in [-0.25, -0.2) is 0 Å². The summed E-state index contributed by atoms with van der Waals surface area (Å²) in [4.78, 5) is 39.8. The van der Waals surface area contributed by atoms with Gasteiger partial charge in [0, 0.05) is 23.4 Å². The van der Waals surface area contributed by atoms with Crippen molar-refractivity contribution in [3.8, 4) is 11.5 Å². The number of anilines is 1. The van der Waals surface area contributed by atoms with Crippen molar-refractivity contribution in [3.05, 3.63) is 89.0 Å². The van der Waals surface area contributed by atoms with Crippen LogP contribution in [0.4, 0.5) is 5.69 Å². The second-order valence-electron chi connectivity index (χ2n) is 8.11. The van der Waals surface area contributed by atoms with Gasteiger partial charge in [-0.2, -0.15) is 0 Å². The molecule has 0 unspecified atom stereocenters. The maximum Gasteiger partial charge on any atom is 0.255 e. The van der Waals surface area contributed by atoms with Crippen molar-refractivity contribution in [2.75, 3.05) is 19.5 Å². The first-order valence-electron chi connectivity index (χ1n) is 10.9. The molecule has 0 saturated carbocycles. The minimum Gasteiger partial charge on any atom is -0.493 e. The zero-order valence-corrected chi connectivity index (χ0v) is 19.3. The van der Waals surface area contributed by atoms with Crippen LogP contribution in [0.15, 0.2) is 66.7 Å². The van der Waals surface area contributed by atoms with Gasteiger partial charge in [0.25, 0.3) is 5.91 Å². The molecule has 3 aromatic rings. The molecule has 2 amide bonds. The molecule has 7 heteroatoms. The number of ether oxygens (including phenoxy) is 2. The highest BCUT2D eigenvalue weighted by Gasteiger charge is 2.34. The molecule has 3 aromatic carbocycles. The summed E-state index contributed by atoms with van der Waals surface area (Å²) < 4.78 is 10.8. The average molecular weight is 459 g/mol. The van der Waals surface area contributed by atoms with E-state index in [0.29, 0.717) is 34.9 Å². The molecule has 0 radical (unpaired) electrons. The Balaban J connectivity index is 1.65. The van der Waals surface area contributed by atoms with Crippen LogP contribution in [-0.4, -0.2) is 36.7 Å². The predicted octanol–water partition coefficient (Wildman–Crippen LogP) is 4.63. The number of fused-ring (bicyclic) bond motifs is 1. The standard InChI is InChI=1S/C27H26N2O5/c1-17(30)18-8-6-9-21(13-18)28-26(31)15-23(19-11-12-24(33-2)25(14-19)34-3)29-16-20-7-4-5-10-22(20)27(29)32/h4-14,23H,15-16H2,1-3H3,(H,28,31)/t23-/m0/s1. The molecule has 7 nitrogen and oxygen atoms in total. The minimum absolute atomic E-state index is 0.0273. The van der Waals surface area contributed by atoms with Gasteiger partial charge in [0.15, 0.2) is 17.3 Å². The second kappa shape index (κ2) is 9.79. The van der Waals surface area contributed by atoms with Gasteiger partial charge in [-0.1, -0.05) is 36.4 Å². The van der Waals surface area contributed by atoms with Crippen molar-refractivity contribution >= 4 is 23.3 Å². The number of rotatable bonds is 8. The number of hydrogen-bond donors (Lipinski definition) is 1. The number of amides is 2. The monoisotopic (exact) mass is 458 g/mol. The Morgan fingerprint density at radius 2 is 1.74 bits per heavy atom. The van der Waals surface area contributed by atoms with Gasteiger partial charge in [0.1, 0.15) is 0 Å². The molecule has 1 atom stereocenters. The van der Waals surface area contributed by atoms with E-state index in [1.807, 2.05) is 24.3 Å². The zero-order chi connectivity index (χ0) is 24.2. The molecule has 34 heavy (non-hydrogen) atoms. The average Bonchev–Trinajstić information content (AvgIpc) is 3.18. The van der Waals surface area contributed by atoms with Crippen molar-refractivity contribution in [1.82, 2.24) is 4.90 Å². The lowest BCUT2D eigenvalue weighted by molar-refractivity contribution is -0.117. The number of Topliss-reactive ketones (excluding diaryl/α,β-unsaturated/α-hetero) is 1. The van der Waals surface area contributed by atoms with Crippen molar-refractivity contribution in [2.24, 2.45) is 0 Å². The van der Waals surface area contributed by atoms with Gasteiger partial charge in [0.2, 0.25) is 5.91 Å². The molecule has 0 spiro atoms. The van der Waals surface area contributed by atoms with Crippen LogP contribution in [0.3, 0.4) is 0 Å². The van der Waals surface area contributed by atoms with Crippen molar-refractivity contribution in [3.63, 3.8) is 0 Å². The van der Waals surface area contributed by atoms with E-state index in [-0.39, 0.29) is 24.0 Å². The van der Waals surface area contributed by atoms with Gasteiger partial charge < -0.3 is 19.7 Å². The van der Waals surface area contributed by atoms with E-state index < -0.39 is 6.04 Å². The lowest BCUT2D eigenvalue weighted by Gasteiger charge is -2.28. The Kier molecular flexibility index (Phi) is 6.63. The van der Waals surface area contributed by atoms with E-state index in [0.717, 1.165) is 11.1 Å². The Labute approximate surface area is 198 Å². The molecule has 1 N–H and O–H groups in total. The number of benzene rings is 3. The highest BCUT2D eigenvalue weighted by Crippen LogP contribution is 2.37. The number of nitrogens with zero attached hydrogens (tertiary/aromatic N) is 1. The van der Waals surface area contributed by atoms with Crippen LogP contribution in [0.25, 0.3) is 0 Å². The number of hydrogen-bond acceptors (Lipinski definition) is 5. The molecule has 0 saturated heterocycles. The lowest BCUT2D eigenvalue weighted by Crippen LogP contribution is -2.32. The molecule has 174 valence electrons. The fraction of sp³-hybridized carbons (Fsp3) is 0.222. The van der Waals surface area contributed by atoms with Crippen LogP contribution in [0, 0.1) is 0 Å². The molecule has 4 rings (SSSR count). The highest BCUT2D eigenvalue weighted by atomic mass is 16.5. The third-order valence-electron chi connectivity index (χ3n) is 5.95. The lowest BCUT2D eigenvalue weighted by atomic mass is 10.0. The molecule has 1 aliphatic rings. The molecular weight excluding hydrogens is 432 g/mol. The normalized spacial score (nSPS) is 13.3. The third kappa shape index (κ3) is 4.64. The smallest absolute Gasteiger partial charge is 0.255 e. The number of methoxy groups -OCH3 is 2. The van der Waals surface area contributed by atoms with E-state index in [4.69, 9.17) is 9.47 Å². The molecular formula is C27H26N2O5. The zero-order valence-electron chi connectivity index (χ0n) is 19.3. The van der Waals surface area contributed by atoms with E-state index in [1.54, 1.807) is 61.6 Å². The Bertz CT molecular complexity index is 1250. The fourth-order valence-corrected chi connectivity index (χ4v) is 4.20. The van der Waals surface area contributed by atoms with Gasteiger partial charge in [0.05, 0.1) is 26.7 Å². The summed E-state index contributed by atoms with van der Waals surface area (Å²) >= 11 is 0. The first kappa shape index (κ1) is 23.0. The predicted molar refractivity (Wildman–Crippen MR) is 128 cm³/mol. The van der Waals surface area contributed by atoms with E-state index in [9.17, 15) is 14.4 Å². The van der Waals surface area contributed by atoms with Crippen LogP contribution < -0.4 is 14.8 Å². The maximum absolute atomic E-state index is 13.2. The summed E-state index contributed by atoms with van der Waals surface area (Å²) in [6.07, 6.45) is 0.0273. The summed E-state index contributed by atoms with van der Waals surface area (Å²) in [5.74, 6) is 0.598. The van der Waals surface area contributed by atoms with Crippen LogP contribution in [-0.2, 0) is 11.3 Å². The van der Waals surface area contributed by atoms with Gasteiger partial charge in [-0.3, -0.25) is 14.4 Å². The summed E-state index contributed by atoms with van der Waals surface area (Å²) in [6, 6.07) is 19.1. The molecule has 0 bridgehead atoms. The summed E-state index contributed by atoms with van der Waals surface area (Å²) in [5.41, 5.74) is 3.36. The maximum atomic E-state index is 13.2. The van der Waals surface area contributed by atoms with Crippen LogP contribution in [0.5, 0.6) is 11.5 Å². The number of carbonyl (C=O) groups excluding carboxylic acids is 3. The quantitative estimate of drug-likeness (QED) is 0.498. The second-order valence-corrected chi connectivity index (χ2v) is 8.11. The molecule has 0 aromatic heterocycles. The molecule has 1 aliphatic heterocycles. The van der Waals surface area contributed by atoms with Gasteiger partial charge in [-0.05, 0) is 48.4 Å². The number of nitrogens with one attached hydrogen (secondary N) is 1. The highest BCUT2D eigenvalue weighted by molar-refractivity contribution is 6.00. The van der Waals surface area contributed by atoms with Gasteiger partial charge in [-0.15, -0.1) is 0 Å². The number of ketones is 1.